The first-order valence-corrected chi connectivity index (χ1v) is 3.69. The van der Waals surface area contributed by atoms with E-state index in [1.807, 2.05) is 13.8 Å². The largest absolute Gasteiger partial charge is 0.333 e. The Bertz CT molecular complexity index is 65.1. The molecule has 0 aliphatic carbocycles. The summed E-state index contributed by atoms with van der Waals surface area (Å²) in [6.45, 7) is 13.3. The van der Waals surface area contributed by atoms with Crippen molar-refractivity contribution in [3.05, 3.63) is 24.8 Å². The third kappa shape index (κ3) is 26.1. The Kier molecular flexibility index (Phi) is 38.4. The van der Waals surface area contributed by atoms with Crippen molar-refractivity contribution >= 4 is 0 Å². The highest BCUT2D eigenvalue weighted by Gasteiger charge is 1.72. The van der Waals surface area contributed by atoms with Gasteiger partial charge in [0.05, 0.1) is 0 Å². The van der Waals surface area contributed by atoms with E-state index in [0.717, 1.165) is 12.0 Å². The summed E-state index contributed by atoms with van der Waals surface area (Å²) in [6.07, 6.45) is 2.80. The second-order valence-corrected chi connectivity index (χ2v) is 1.22. The number of nitrogens with two attached hydrogens (primary N) is 1. The van der Waals surface area contributed by atoms with Crippen molar-refractivity contribution in [2.75, 3.05) is 7.05 Å². The highest BCUT2D eigenvalue weighted by Crippen LogP contribution is 1.93. The van der Waals surface area contributed by atoms with Gasteiger partial charge in [0.2, 0.25) is 0 Å². The average molecular weight is 143 g/mol. The number of allylic oxidation sites excluding steroid dienone is 2. The van der Waals surface area contributed by atoms with Gasteiger partial charge in [0.1, 0.15) is 0 Å². The van der Waals surface area contributed by atoms with Crippen LogP contribution in [0.4, 0.5) is 0 Å². The third-order valence-electron chi connectivity index (χ3n) is 0.743. The van der Waals surface area contributed by atoms with E-state index >= 15 is 0 Å². The molecule has 0 radical (unpaired) electrons. The van der Waals surface area contributed by atoms with Crippen molar-refractivity contribution in [2.45, 2.75) is 27.2 Å². The molecule has 1 heteroatoms. The van der Waals surface area contributed by atoms with Gasteiger partial charge in [0.15, 0.2) is 0 Å². The van der Waals surface area contributed by atoms with Crippen LogP contribution in [0.25, 0.3) is 0 Å². The Morgan fingerprint density at radius 1 is 1.40 bits per heavy atom. The van der Waals surface area contributed by atoms with E-state index in [0.29, 0.717) is 0 Å². The zero-order valence-electron chi connectivity index (χ0n) is 7.78. The standard InChI is InChI=1S/C6H10.C2H6.CH5N/c1-4-6(3)5-2;2*1-2/h4H,1,3,5H2,2H3;1-2H3;2H2,1H3. The molecule has 0 aliphatic heterocycles. The molecule has 0 fully saturated rings. The molecule has 0 saturated carbocycles. The van der Waals surface area contributed by atoms with Gasteiger partial charge in [-0.25, -0.2) is 0 Å². The van der Waals surface area contributed by atoms with Crippen molar-refractivity contribution in [1.29, 1.82) is 0 Å². The maximum absolute atomic E-state index is 4.50. The van der Waals surface area contributed by atoms with Crippen molar-refractivity contribution < 1.29 is 0 Å². The molecule has 0 bridgehead atoms. The first-order chi connectivity index (χ1) is 4.81. The van der Waals surface area contributed by atoms with Crippen LogP contribution >= 0.6 is 0 Å². The molecule has 0 aromatic heterocycles. The molecule has 0 atom stereocenters. The zero-order valence-corrected chi connectivity index (χ0v) is 7.78. The molecule has 0 aliphatic rings. The minimum absolute atomic E-state index is 1.02. The van der Waals surface area contributed by atoms with Gasteiger partial charge < -0.3 is 5.73 Å². The highest BCUT2D eigenvalue weighted by atomic mass is 14.4. The molecular formula is C9H21N. The first-order valence-electron chi connectivity index (χ1n) is 3.69. The predicted molar refractivity (Wildman–Crippen MR) is 51.1 cm³/mol. The van der Waals surface area contributed by atoms with Crippen LogP contribution in [0, 0.1) is 0 Å². The minimum atomic E-state index is 1.02. The Morgan fingerprint density at radius 3 is 1.70 bits per heavy atom. The molecule has 0 rings (SSSR count). The van der Waals surface area contributed by atoms with Crippen molar-refractivity contribution in [1.82, 2.24) is 0 Å². The van der Waals surface area contributed by atoms with E-state index in [1.54, 1.807) is 6.08 Å². The molecule has 0 unspecified atom stereocenters. The molecule has 0 saturated heterocycles. The summed E-state index contributed by atoms with van der Waals surface area (Å²) in [7, 11) is 1.50. The van der Waals surface area contributed by atoms with Crippen LogP contribution in [0.15, 0.2) is 24.8 Å². The van der Waals surface area contributed by atoms with Gasteiger partial charge in [0, 0.05) is 0 Å². The summed E-state index contributed by atoms with van der Waals surface area (Å²) in [4.78, 5) is 0. The Balaban J connectivity index is -0.000000105. The molecule has 62 valence electrons. The summed E-state index contributed by atoms with van der Waals surface area (Å²) in [5.41, 5.74) is 5.61. The van der Waals surface area contributed by atoms with Gasteiger partial charge in [-0.2, -0.15) is 0 Å². The molecule has 2 N–H and O–H groups in total. The Hall–Kier alpha value is -0.560. The molecule has 0 aromatic carbocycles. The minimum Gasteiger partial charge on any atom is -0.333 e. The van der Waals surface area contributed by atoms with Gasteiger partial charge in [0.25, 0.3) is 0 Å². The second-order valence-electron chi connectivity index (χ2n) is 1.22. The van der Waals surface area contributed by atoms with Crippen LogP contribution in [-0.2, 0) is 0 Å². The fourth-order valence-electron chi connectivity index (χ4n) is 0.144. The van der Waals surface area contributed by atoms with Crippen molar-refractivity contribution in [2.24, 2.45) is 5.73 Å². The molecule has 0 heterocycles. The van der Waals surface area contributed by atoms with Gasteiger partial charge in [-0.15, -0.1) is 0 Å². The van der Waals surface area contributed by atoms with Crippen LogP contribution in [-0.4, -0.2) is 7.05 Å². The van der Waals surface area contributed by atoms with Gasteiger partial charge >= 0.3 is 0 Å². The SMILES string of the molecule is C=CC(=C)CC.CC.CN. The summed E-state index contributed by atoms with van der Waals surface area (Å²) < 4.78 is 0. The lowest BCUT2D eigenvalue weighted by molar-refractivity contribution is 1.16. The molecule has 0 spiro atoms. The van der Waals surface area contributed by atoms with Crippen LogP contribution in [0.3, 0.4) is 0 Å². The van der Waals surface area contributed by atoms with E-state index in [-0.39, 0.29) is 0 Å². The highest BCUT2D eigenvalue weighted by molar-refractivity contribution is 5.09. The lowest BCUT2D eigenvalue weighted by Gasteiger charge is -1.83. The molecule has 0 aromatic rings. The van der Waals surface area contributed by atoms with Gasteiger partial charge in [-0.05, 0) is 13.5 Å². The van der Waals surface area contributed by atoms with E-state index < -0.39 is 0 Å². The normalized spacial score (nSPS) is 5.70. The Labute approximate surface area is 65.6 Å². The van der Waals surface area contributed by atoms with E-state index in [4.69, 9.17) is 0 Å². The summed E-state index contributed by atoms with van der Waals surface area (Å²) in [5, 5.41) is 0. The van der Waals surface area contributed by atoms with E-state index in [1.165, 1.54) is 7.05 Å². The number of hydrogen-bond acceptors (Lipinski definition) is 1. The molecule has 0 amide bonds. The quantitative estimate of drug-likeness (QED) is 0.591. The summed E-state index contributed by atoms with van der Waals surface area (Å²) in [6, 6.07) is 0. The zero-order chi connectivity index (χ0) is 8.99. The third-order valence-corrected chi connectivity index (χ3v) is 0.743. The van der Waals surface area contributed by atoms with Gasteiger partial charge in [-0.1, -0.05) is 45.6 Å². The van der Waals surface area contributed by atoms with Crippen LogP contribution in [0.2, 0.25) is 0 Å². The number of hydrogen-bond donors (Lipinski definition) is 1. The summed E-state index contributed by atoms with van der Waals surface area (Å²) >= 11 is 0. The first kappa shape index (κ1) is 16.2. The molecular weight excluding hydrogens is 122 g/mol. The van der Waals surface area contributed by atoms with Crippen LogP contribution in [0.1, 0.15) is 27.2 Å². The van der Waals surface area contributed by atoms with Crippen molar-refractivity contribution in [3.63, 3.8) is 0 Å². The second kappa shape index (κ2) is 23.7. The number of rotatable bonds is 2. The predicted octanol–water partition coefficient (Wildman–Crippen LogP) is 2.74. The average Bonchev–Trinajstić information content (AvgIpc) is 2.10. The van der Waals surface area contributed by atoms with Gasteiger partial charge in [-0.3, -0.25) is 0 Å². The summed E-state index contributed by atoms with van der Waals surface area (Å²) in [5.74, 6) is 0. The topological polar surface area (TPSA) is 26.0 Å². The van der Waals surface area contributed by atoms with Crippen LogP contribution in [0.5, 0.6) is 0 Å². The maximum atomic E-state index is 4.50. The fourth-order valence-corrected chi connectivity index (χ4v) is 0.144. The monoisotopic (exact) mass is 143 g/mol. The lowest BCUT2D eigenvalue weighted by atomic mass is 10.2. The smallest absolute Gasteiger partial charge is 0.0195 e. The van der Waals surface area contributed by atoms with Crippen LogP contribution < -0.4 is 5.73 Å². The van der Waals surface area contributed by atoms with E-state index in [2.05, 4.69) is 25.8 Å². The maximum Gasteiger partial charge on any atom is -0.0195 e. The van der Waals surface area contributed by atoms with Crippen molar-refractivity contribution in [3.8, 4) is 0 Å². The fraction of sp³-hybridized carbons (Fsp3) is 0.556. The molecule has 1 nitrogen and oxygen atoms in total. The lowest BCUT2D eigenvalue weighted by Crippen LogP contribution is -1.69. The van der Waals surface area contributed by atoms with E-state index in [9.17, 15) is 0 Å². The Morgan fingerprint density at radius 2 is 1.70 bits per heavy atom. The molecule has 10 heavy (non-hydrogen) atoms.